The van der Waals surface area contributed by atoms with Gasteiger partial charge in [0, 0.05) is 24.3 Å². The molecular formula is C17H16FN3O2. The molecule has 2 aromatic rings. The highest BCUT2D eigenvalue weighted by Crippen LogP contribution is 2.22. The van der Waals surface area contributed by atoms with E-state index in [4.69, 9.17) is 0 Å². The summed E-state index contributed by atoms with van der Waals surface area (Å²) >= 11 is 0. The monoisotopic (exact) mass is 313 g/mol. The minimum Gasteiger partial charge on any atom is -0.333 e. The van der Waals surface area contributed by atoms with Gasteiger partial charge in [-0.1, -0.05) is 24.3 Å². The lowest BCUT2D eigenvalue weighted by Crippen LogP contribution is -2.39. The van der Waals surface area contributed by atoms with Gasteiger partial charge in [0.2, 0.25) is 5.91 Å². The fraction of sp³-hybridized carbons (Fsp3) is 0.176. The van der Waals surface area contributed by atoms with Gasteiger partial charge in [-0.05, 0) is 30.3 Å². The lowest BCUT2D eigenvalue weighted by molar-refractivity contribution is -0.117. The van der Waals surface area contributed by atoms with Crippen molar-refractivity contribution in [3.8, 4) is 0 Å². The Bertz CT molecular complexity index is 721. The third-order valence-corrected chi connectivity index (χ3v) is 3.61. The van der Waals surface area contributed by atoms with E-state index in [9.17, 15) is 14.0 Å². The molecule has 1 atom stereocenters. The smallest absolute Gasteiger partial charge is 0.319 e. The largest absolute Gasteiger partial charge is 0.333 e. The SMILES string of the molecule is O=C(Nc1ccccc1)N[C@@H]1CC(=O)N(c2cccc(F)c2)C1. The van der Waals surface area contributed by atoms with E-state index in [0.29, 0.717) is 17.9 Å². The Labute approximate surface area is 133 Å². The quantitative estimate of drug-likeness (QED) is 0.915. The summed E-state index contributed by atoms with van der Waals surface area (Å²) in [6.07, 6.45) is 0.193. The van der Waals surface area contributed by atoms with Gasteiger partial charge < -0.3 is 15.5 Å². The molecule has 1 aliphatic heterocycles. The number of carbonyl (C=O) groups is 2. The van der Waals surface area contributed by atoms with Crippen LogP contribution in [0.1, 0.15) is 6.42 Å². The molecule has 118 valence electrons. The first-order chi connectivity index (χ1) is 11.1. The number of hydrogen-bond acceptors (Lipinski definition) is 2. The molecule has 3 rings (SSSR count). The van der Waals surface area contributed by atoms with Gasteiger partial charge >= 0.3 is 6.03 Å². The molecule has 0 aromatic heterocycles. The zero-order valence-corrected chi connectivity index (χ0v) is 12.3. The molecule has 0 saturated carbocycles. The number of nitrogens with zero attached hydrogens (tertiary/aromatic N) is 1. The summed E-state index contributed by atoms with van der Waals surface area (Å²) in [5.74, 6) is -0.533. The van der Waals surface area contributed by atoms with Gasteiger partial charge in [0.25, 0.3) is 0 Å². The molecule has 0 bridgehead atoms. The predicted molar refractivity (Wildman–Crippen MR) is 85.8 cm³/mol. The average molecular weight is 313 g/mol. The normalized spacial score (nSPS) is 17.2. The fourth-order valence-electron chi connectivity index (χ4n) is 2.57. The predicted octanol–water partition coefficient (Wildman–Crippen LogP) is 2.75. The molecule has 1 saturated heterocycles. The van der Waals surface area contributed by atoms with E-state index in [0.717, 1.165) is 0 Å². The second-order valence-electron chi connectivity index (χ2n) is 5.35. The summed E-state index contributed by atoms with van der Waals surface area (Å²) in [6, 6.07) is 14.2. The maximum absolute atomic E-state index is 13.3. The van der Waals surface area contributed by atoms with E-state index < -0.39 is 5.82 Å². The Kier molecular flexibility index (Phi) is 4.23. The van der Waals surface area contributed by atoms with Gasteiger partial charge in [-0.25, -0.2) is 9.18 Å². The Balaban J connectivity index is 1.60. The number of urea groups is 1. The van der Waals surface area contributed by atoms with Crippen LogP contribution in [0.4, 0.5) is 20.6 Å². The third kappa shape index (κ3) is 3.66. The van der Waals surface area contributed by atoms with Crippen molar-refractivity contribution in [1.82, 2.24) is 5.32 Å². The van der Waals surface area contributed by atoms with Crippen LogP contribution in [0.5, 0.6) is 0 Å². The zero-order chi connectivity index (χ0) is 16.2. The van der Waals surface area contributed by atoms with Gasteiger partial charge in [0.15, 0.2) is 0 Å². The lowest BCUT2D eigenvalue weighted by Gasteiger charge is -2.17. The van der Waals surface area contributed by atoms with Crippen LogP contribution in [0.3, 0.4) is 0 Å². The molecule has 6 heteroatoms. The van der Waals surface area contributed by atoms with E-state index >= 15 is 0 Å². The Morgan fingerprint density at radius 2 is 1.91 bits per heavy atom. The fourth-order valence-corrected chi connectivity index (χ4v) is 2.57. The minimum atomic E-state index is -0.395. The molecule has 2 N–H and O–H groups in total. The summed E-state index contributed by atoms with van der Waals surface area (Å²) in [6.45, 7) is 0.324. The Morgan fingerprint density at radius 3 is 2.65 bits per heavy atom. The molecule has 0 radical (unpaired) electrons. The lowest BCUT2D eigenvalue weighted by atomic mass is 10.2. The number of carbonyl (C=O) groups excluding carboxylic acids is 2. The van der Waals surface area contributed by atoms with Crippen LogP contribution in [0.25, 0.3) is 0 Å². The van der Waals surface area contributed by atoms with Gasteiger partial charge in [-0.2, -0.15) is 0 Å². The van der Waals surface area contributed by atoms with Crippen LogP contribution >= 0.6 is 0 Å². The van der Waals surface area contributed by atoms with Crippen molar-refractivity contribution in [3.05, 3.63) is 60.4 Å². The van der Waals surface area contributed by atoms with Crippen LogP contribution in [0.2, 0.25) is 0 Å². The Hall–Kier alpha value is -2.89. The highest BCUT2D eigenvalue weighted by atomic mass is 19.1. The van der Waals surface area contributed by atoms with Crippen molar-refractivity contribution in [2.45, 2.75) is 12.5 Å². The number of para-hydroxylation sites is 1. The van der Waals surface area contributed by atoms with E-state index in [2.05, 4.69) is 10.6 Å². The van der Waals surface area contributed by atoms with Crippen molar-refractivity contribution >= 4 is 23.3 Å². The maximum Gasteiger partial charge on any atom is 0.319 e. The van der Waals surface area contributed by atoms with Gasteiger partial charge in [-0.3, -0.25) is 4.79 Å². The number of amides is 3. The van der Waals surface area contributed by atoms with Crippen molar-refractivity contribution < 1.29 is 14.0 Å². The number of anilines is 2. The van der Waals surface area contributed by atoms with Crippen LogP contribution in [0, 0.1) is 5.82 Å². The van der Waals surface area contributed by atoms with E-state index in [1.54, 1.807) is 24.3 Å². The van der Waals surface area contributed by atoms with Crippen molar-refractivity contribution in [3.63, 3.8) is 0 Å². The summed E-state index contributed by atoms with van der Waals surface area (Å²) < 4.78 is 13.3. The van der Waals surface area contributed by atoms with E-state index in [1.165, 1.54) is 17.0 Å². The van der Waals surface area contributed by atoms with Gasteiger partial charge in [0.1, 0.15) is 5.82 Å². The number of halogens is 1. The standard InChI is InChI=1S/C17H16FN3O2/c18-12-5-4-8-15(9-12)21-11-14(10-16(21)22)20-17(23)19-13-6-2-1-3-7-13/h1-9,14H,10-11H2,(H2,19,20,23)/t14-/m1/s1. The second kappa shape index (κ2) is 6.48. The molecule has 2 aromatic carbocycles. The van der Waals surface area contributed by atoms with Crippen molar-refractivity contribution in [2.75, 3.05) is 16.8 Å². The second-order valence-corrected chi connectivity index (χ2v) is 5.35. The first kappa shape index (κ1) is 15.0. The molecule has 5 nitrogen and oxygen atoms in total. The zero-order valence-electron chi connectivity index (χ0n) is 12.3. The summed E-state index contributed by atoms with van der Waals surface area (Å²) in [4.78, 5) is 25.5. The average Bonchev–Trinajstić information content (AvgIpc) is 2.88. The molecule has 23 heavy (non-hydrogen) atoms. The molecule has 1 heterocycles. The molecule has 0 unspecified atom stereocenters. The molecule has 3 amide bonds. The highest BCUT2D eigenvalue weighted by molar-refractivity contribution is 5.97. The van der Waals surface area contributed by atoms with Gasteiger partial charge in [0.05, 0.1) is 6.04 Å². The van der Waals surface area contributed by atoms with Crippen LogP contribution in [-0.4, -0.2) is 24.5 Å². The van der Waals surface area contributed by atoms with Crippen molar-refractivity contribution in [2.24, 2.45) is 0 Å². The van der Waals surface area contributed by atoms with Crippen LogP contribution in [0.15, 0.2) is 54.6 Å². The summed E-state index contributed by atoms with van der Waals surface area (Å²) in [5.41, 5.74) is 1.18. The van der Waals surface area contributed by atoms with Crippen LogP contribution in [-0.2, 0) is 4.79 Å². The first-order valence-corrected chi connectivity index (χ1v) is 7.30. The first-order valence-electron chi connectivity index (χ1n) is 7.30. The van der Waals surface area contributed by atoms with Crippen LogP contribution < -0.4 is 15.5 Å². The number of rotatable bonds is 3. The van der Waals surface area contributed by atoms with Crippen molar-refractivity contribution in [1.29, 1.82) is 0 Å². The number of benzene rings is 2. The number of nitrogens with one attached hydrogen (secondary N) is 2. The molecule has 1 fully saturated rings. The van der Waals surface area contributed by atoms with E-state index in [1.807, 2.05) is 18.2 Å². The van der Waals surface area contributed by atoms with E-state index in [-0.39, 0.29) is 24.4 Å². The van der Waals surface area contributed by atoms with Gasteiger partial charge in [-0.15, -0.1) is 0 Å². The molecule has 0 aliphatic carbocycles. The Morgan fingerprint density at radius 1 is 1.13 bits per heavy atom. The molecular weight excluding hydrogens is 297 g/mol. The topological polar surface area (TPSA) is 61.4 Å². The minimum absolute atomic E-state index is 0.138. The maximum atomic E-state index is 13.3. The summed E-state index contributed by atoms with van der Waals surface area (Å²) in [7, 11) is 0. The summed E-state index contributed by atoms with van der Waals surface area (Å²) in [5, 5.41) is 5.47. The molecule has 1 aliphatic rings. The third-order valence-electron chi connectivity index (χ3n) is 3.61. The number of hydrogen-bond donors (Lipinski definition) is 2. The highest BCUT2D eigenvalue weighted by Gasteiger charge is 2.31. The molecule has 0 spiro atoms.